The minimum atomic E-state index is -0.635. The van der Waals surface area contributed by atoms with Crippen LogP contribution in [0.4, 0.5) is 20.2 Å². The van der Waals surface area contributed by atoms with Gasteiger partial charge in [0.15, 0.2) is 0 Å². The number of carbonyl (C=O) groups is 1. The first-order chi connectivity index (χ1) is 12.3. The van der Waals surface area contributed by atoms with Crippen LogP contribution in [0.15, 0.2) is 34.8 Å². The average molecular weight is 541 g/mol. The van der Waals surface area contributed by atoms with E-state index in [2.05, 4.69) is 26.7 Å². The Bertz CT molecular complexity index is 806. The molecule has 0 fully saturated rings. The van der Waals surface area contributed by atoms with E-state index in [-0.39, 0.29) is 28.0 Å². The predicted molar refractivity (Wildman–Crippen MR) is 106 cm³/mol. The molecule has 0 aliphatic heterocycles. The molecule has 0 saturated heterocycles. The number of halogens is 4. The lowest BCUT2D eigenvalue weighted by Crippen LogP contribution is -2.26. The molecule has 26 heavy (non-hydrogen) atoms. The third-order valence-corrected chi connectivity index (χ3v) is 4.59. The van der Waals surface area contributed by atoms with Crippen LogP contribution < -0.4 is 10.8 Å². The van der Waals surface area contributed by atoms with E-state index >= 15 is 0 Å². The van der Waals surface area contributed by atoms with Crippen LogP contribution in [0.5, 0.6) is 0 Å². The third kappa shape index (κ3) is 5.86. The minimum Gasteiger partial charge on any atom is -0.393 e. The van der Waals surface area contributed by atoms with Gasteiger partial charge in [0.25, 0.3) is 5.91 Å². The lowest BCUT2D eigenvalue weighted by Gasteiger charge is -2.14. The van der Waals surface area contributed by atoms with Gasteiger partial charge in [-0.2, -0.15) is 0 Å². The quantitative estimate of drug-likeness (QED) is 0.275. The number of amides is 1. The highest BCUT2D eigenvalue weighted by Gasteiger charge is 2.17. The number of rotatable bonds is 7. The fourth-order valence-electron chi connectivity index (χ4n) is 1.98. The number of aliphatic hydroxyl groups is 1. The molecule has 1 amide bonds. The molecule has 0 bridgehead atoms. The van der Waals surface area contributed by atoms with Gasteiger partial charge in [-0.1, -0.05) is 0 Å². The van der Waals surface area contributed by atoms with Crippen LogP contribution in [-0.4, -0.2) is 23.7 Å². The first-order valence-electron chi connectivity index (χ1n) is 7.59. The van der Waals surface area contributed by atoms with Crippen molar-refractivity contribution < 1.29 is 23.5 Å². The first kappa shape index (κ1) is 21.0. The largest absolute Gasteiger partial charge is 0.393 e. The molecule has 0 aliphatic carbocycles. The van der Waals surface area contributed by atoms with Gasteiger partial charge >= 0.3 is 0 Å². The van der Waals surface area contributed by atoms with Crippen LogP contribution in [0.1, 0.15) is 23.7 Å². The fourth-order valence-corrected chi connectivity index (χ4v) is 2.77. The van der Waals surface area contributed by atoms with Gasteiger partial charge in [-0.3, -0.25) is 9.63 Å². The Morgan fingerprint density at radius 3 is 2.65 bits per heavy atom. The van der Waals surface area contributed by atoms with Crippen molar-refractivity contribution in [2.75, 3.05) is 11.9 Å². The van der Waals surface area contributed by atoms with Gasteiger partial charge in [0.1, 0.15) is 11.6 Å². The summed E-state index contributed by atoms with van der Waals surface area (Å²) in [5, 5.41) is 11.9. The van der Waals surface area contributed by atoms with Crippen LogP contribution >= 0.6 is 38.5 Å². The molecule has 1 atom stereocenters. The molecule has 140 valence electrons. The van der Waals surface area contributed by atoms with Crippen molar-refractivity contribution >= 4 is 55.8 Å². The van der Waals surface area contributed by atoms with E-state index in [0.29, 0.717) is 9.99 Å². The molecule has 5 nitrogen and oxygen atoms in total. The number of aliphatic hydroxyl groups excluding tert-OH is 1. The van der Waals surface area contributed by atoms with Gasteiger partial charge in [-0.15, -0.1) is 0 Å². The molecule has 2 aromatic rings. The van der Waals surface area contributed by atoms with E-state index in [4.69, 9.17) is 9.94 Å². The summed E-state index contributed by atoms with van der Waals surface area (Å²) >= 11 is 5.00. The van der Waals surface area contributed by atoms with Crippen LogP contribution in [0.3, 0.4) is 0 Å². The molecule has 9 heteroatoms. The highest BCUT2D eigenvalue weighted by molar-refractivity contribution is 14.1. The van der Waals surface area contributed by atoms with Gasteiger partial charge in [0.05, 0.1) is 34.1 Å². The molecular weight excluding hydrogens is 525 g/mol. The molecule has 0 saturated carbocycles. The molecule has 0 aromatic heterocycles. The van der Waals surface area contributed by atoms with Crippen molar-refractivity contribution in [3.8, 4) is 0 Å². The topological polar surface area (TPSA) is 70.6 Å². The normalized spacial score (nSPS) is 11.9. The van der Waals surface area contributed by atoms with Crippen LogP contribution in [0.25, 0.3) is 0 Å². The second-order valence-corrected chi connectivity index (χ2v) is 7.58. The Morgan fingerprint density at radius 1 is 1.27 bits per heavy atom. The van der Waals surface area contributed by atoms with E-state index in [0.717, 1.165) is 6.07 Å². The number of anilines is 2. The summed E-state index contributed by atoms with van der Waals surface area (Å²) in [6, 6.07) is 6.86. The van der Waals surface area contributed by atoms with Gasteiger partial charge < -0.3 is 10.4 Å². The summed E-state index contributed by atoms with van der Waals surface area (Å²) in [5.41, 5.74) is 2.48. The van der Waals surface area contributed by atoms with Crippen molar-refractivity contribution in [2.45, 2.75) is 19.4 Å². The minimum absolute atomic E-state index is 0.0632. The number of hydroxylamine groups is 1. The molecule has 3 N–H and O–H groups in total. The molecular formula is C17H16BrF2IN2O3. The predicted octanol–water partition coefficient (Wildman–Crippen LogP) is 4.51. The Labute approximate surface area is 171 Å². The molecule has 1 unspecified atom stereocenters. The smallest absolute Gasteiger partial charge is 0.276 e. The zero-order valence-corrected chi connectivity index (χ0v) is 17.4. The Kier molecular flexibility index (Phi) is 7.74. The van der Waals surface area contributed by atoms with Crippen molar-refractivity contribution in [1.82, 2.24) is 5.48 Å². The Morgan fingerprint density at radius 2 is 2.00 bits per heavy atom. The summed E-state index contributed by atoms with van der Waals surface area (Å²) in [6.45, 7) is 1.71. The van der Waals surface area contributed by atoms with Crippen LogP contribution in [-0.2, 0) is 4.84 Å². The monoisotopic (exact) mass is 540 g/mol. The summed E-state index contributed by atoms with van der Waals surface area (Å²) in [6.07, 6.45) is -0.222. The Balaban J connectivity index is 2.22. The maximum atomic E-state index is 14.1. The number of hydrogen-bond acceptors (Lipinski definition) is 4. The second-order valence-electron chi connectivity index (χ2n) is 5.48. The molecule has 0 radical (unpaired) electrons. The second kappa shape index (κ2) is 9.58. The zero-order chi connectivity index (χ0) is 19.3. The highest BCUT2D eigenvalue weighted by Crippen LogP contribution is 2.29. The van der Waals surface area contributed by atoms with E-state index in [9.17, 15) is 13.6 Å². The molecule has 0 spiro atoms. The number of carbonyl (C=O) groups excluding carboxylic acids is 1. The zero-order valence-electron chi connectivity index (χ0n) is 13.7. The lowest BCUT2D eigenvalue weighted by molar-refractivity contribution is 0.0187. The first-order valence-corrected chi connectivity index (χ1v) is 9.46. The molecule has 0 heterocycles. The van der Waals surface area contributed by atoms with Crippen molar-refractivity contribution in [3.63, 3.8) is 0 Å². The van der Waals surface area contributed by atoms with Crippen LogP contribution in [0, 0.1) is 15.2 Å². The Hall–Kier alpha value is -1.30. The van der Waals surface area contributed by atoms with E-state index in [1.807, 2.05) is 22.6 Å². The van der Waals surface area contributed by atoms with Crippen molar-refractivity contribution in [3.05, 3.63) is 55.6 Å². The van der Waals surface area contributed by atoms with E-state index in [1.165, 1.54) is 18.2 Å². The summed E-state index contributed by atoms with van der Waals surface area (Å²) in [4.78, 5) is 17.3. The van der Waals surface area contributed by atoms with E-state index in [1.54, 1.807) is 13.0 Å². The average Bonchev–Trinajstić information content (AvgIpc) is 2.56. The van der Waals surface area contributed by atoms with Gasteiger partial charge in [-0.25, -0.2) is 14.3 Å². The maximum absolute atomic E-state index is 14.1. The summed E-state index contributed by atoms with van der Waals surface area (Å²) in [7, 11) is 0. The molecule has 2 aromatic carbocycles. The van der Waals surface area contributed by atoms with Crippen LogP contribution in [0.2, 0.25) is 0 Å². The molecule has 2 rings (SSSR count). The number of nitrogens with one attached hydrogen (secondary N) is 2. The third-order valence-electron chi connectivity index (χ3n) is 3.31. The summed E-state index contributed by atoms with van der Waals surface area (Å²) in [5.74, 6) is -1.77. The maximum Gasteiger partial charge on any atom is 0.276 e. The SMILES string of the molecule is CC(O)CCONC(=O)c1cc(Br)c(F)cc1Nc1ccc(I)cc1F. The van der Waals surface area contributed by atoms with Crippen molar-refractivity contribution in [1.29, 1.82) is 0 Å². The fraction of sp³-hybridized carbons (Fsp3) is 0.235. The standard InChI is InChI=1S/C17H16BrF2IN2O3/c1-9(24)4-5-26-23-17(25)11-7-12(18)13(19)8-16(11)22-15-3-2-10(21)6-14(15)20/h2-3,6-9,22,24H,4-5H2,1H3,(H,23,25). The molecule has 0 aliphatic rings. The summed E-state index contributed by atoms with van der Waals surface area (Å²) < 4.78 is 28.8. The highest BCUT2D eigenvalue weighted by atomic mass is 127. The van der Waals surface area contributed by atoms with Crippen molar-refractivity contribution in [2.24, 2.45) is 0 Å². The number of benzene rings is 2. The van der Waals surface area contributed by atoms with Gasteiger partial charge in [0, 0.05) is 3.57 Å². The van der Waals surface area contributed by atoms with E-state index < -0.39 is 23.6 Å². The lowest BCUT2D eigenvalue weighted by atomic mass is 10.1. The number of hydrogen-bond donors (Lipinski definition) is 3. The van der Waals surface area contributed by atoms with Gasteiger partial charge in [-0.05, 0) is 82.2 Å². The van der Waals surface area contributed by atoms with Gasteiger partial charge in [0.2, 0.25) is 0 Å².